The average molecular weight is 303 g/mol. The van der Waals surface area contributed by atoms with E-state index in [1.54, 1.807) is 12.3 Å². The molecule has 1 heterocycles. The third-order valence-corrected chi connectivity index (χ3v) is 2.93. The molecule has 2 rings (SSSR count). The molecule has 0 aliphatic heterocycles. The molecule has 0 aliphatic carbocycles. The van der Waals surface area contributed by atoms with Gasteiger partial charge in [0.2, 0.25) is 0 Å². The van der Waals surface area contributed by atoms with Gasteiger partial charge in [-0.05, 0) is 29.3 Å². The van der Waals surface area contributed by atoms with Gasteiger partial charge in [0.15, 0.2) is 0 Å². The lowest BCUT2D eigenvalue weighted by Crippen LogP contribution is -2.17. The van der Waals surface area contributed by atoms with Crippen LogP contribution >= 0.6 is 11.6 Å². The number of ether oxygens (including phenoxy) is 1. The Morgan fingerprint density at radius 2 is 1.80 bits per heavy atom. The summed E-state index contributed by atoms with van der Waals surface area (Å²) in [5.41, 5.74) is 7.28. The predicted molar refractivity (Wildman–Crippen MR) is 68.4 cm³/mol. The van der Waals surface area contributed by atoms with Gasteiger partial charge in [0, 0.05) is 12.4 Å². The zero-order valence-corrected chi connectivity index (χ0v) is 10.8. The topological polar surface area (TPSA) is 48.1 Å². The molecule has 0 saturated heterocycles. The lowest BCUT2D eigenvalue weighted by Gasteiger charge is -2.15. The van der Waals surface area contributed by atoms with Crippen LogP contribution in [0.4, 0.5) is 13.2 Å². The SMILES string of the molecule is N[C@@H](c1ccc(OC(F)(F)F)cc1)c1ccncc1Cl. The van der Waals surface area contributed by atoms with Gasteiger partial charge >= 0.3 is 6.36 Å². The van der Waals surface area contributed by atoms with Crippen molar-refractivity contribution < 1.29 is 17.9 Å². The van der Waals surface area contributed by atoms with Gasteiger partial charge in [0.1, 0.15) is 5.75 Å². The molecule has 0 bridgehead atoms. The van der Waals surface area contributed by atoms with E-state index in [1.807, 2.05) is 0 Å². The van der Waals surface area contributed by atoms with E-state index in [2.05, 4.69) is 9.72 Å². The molecule has 0 aliphatic rings. The fourth-order valence-electron chi connectivity index (χ4n) is 1.69. The molecule has 106 valence electrons. The first kappa shape index (κ1) is 14.6. The molecule has 7 heteroatoms. The lowest BCUT2D eigenvalue weighted by molar-refractivity contribution is -0.274. The van der Waals surface area contributed by atoms with Crippen molar-refractivity contribution in [1.29, 1.82) is 0 Å². The van der Waals surface area contributed by atoms with Crippen LogP contribution in [0, 0.1) is 0 Å². The minimum atomic E-state index is -4.71. The van der Waals surface area contributed by atoms with Crippen molar-refractivity contribution in [3.8, 4) is 5.75 Å². The highest BCUT2D eigenvalue weighted by atomic mass is 35.5. The van der Waals surface area contributed by atoms with Crippen molar-refractivity contribution in [2.24, 2.45) is 5.73 Å². The van der Waals surface area contributed by atoms with Crippen molar-refractivity contribution in [2.75, 3.05) is 0 Å². The number of aromatic nitrogens is 1. The van der Waals surface area contributed by atoms with Gasteiger partial charge in [0.25, 0.3) is 0 Å². The van der Waals surface area contributed by atoms with Crippen LogP contribution in [0.3, 0.4) is 0 Å². The van der Waals surface area contributed by atoms with Crippen LogP contribution in [0.15, 0.2) is 42.7 Å². The highest BCUT2D eigenvalue weighted by molar-refractivity contribution is 6.31. The van der Waals surface area contributed by atoms with E-state index in [-0.39, 0.29) is 5.75 Å². The highest BCUT2D eigenvalue weighted by Gasteiger charge is 2.31. The van der Waals surface area contributed by atoms with E-state index in [4.69, 9.17) is 17.3 Å². The Hall–Kier alpha value is -1.79. The summed E-state index contributed by atoms with van der Waals surface area (Å²) < 4.78 is 39.9. The fourth-order valence-corrected chi connectivity index (χ4v) is 1.93. The minimum Gasteiger partial charge on any atom is -0.406 e. The van der Waals surface area contributed by atoms with Crippen LogP contribution in [0.25, 0.3) is 0 Å². The van der Waals surface area contributed by atoms with Gasteiger partial charge in [-0.15, -0.1) is 13.2 Å². The molecule has 2 N–H and O–H groups in total. The van der Waals surface area contributed by atoms with E-state index < -0.39 is 12.4 Å². The molecular formula is C13H10ClF3N2O. The number of rotatable bonds is 3. The van der Waals surface area contributed by atoms with Crippen LogP contribution < -0.4 is 10.5 Å². The monoisotopic (exact) mass is 302 g/mol. The molecule has 1 atom stereocenters. The Labute approximate surface area is 118 Å². The second-order valence-corrected chi connectivity index (χ2v) is 4.40. The third kappa shape index (κ3) is 3.61. The zero-order chi connectivity index (χ0) is 14.8. The first-order valence-corrected chi connectivity index (χ1v) is 5.95. The van der Waals surface area contributed by atoms with E-state index in [9.17, 15) is 13.2 Å². The van der Waals surface area contributed by atoms with Gasteiger partial charge in [-0.1, -0.05) is 23.7 Å². The summed E-state index contributed by atoms with van der Waals surface area (Å²) in [6, 6.07) is 6.44. The number of halogens is 4. The molecule has 3 nitrogen and oxygen atoms in total. The standard InChI is InChI=1S/C13H10ClF3N2O/c14-11-7-19-6-5-10(11)12(18)8-1-3-9(4-2-8)20-13(15,16)17/h1-7,12H,18H2/t12-/m0/s1. The van der Waals surface area contributed by atoms with E-state index in [0.29, 0.717) is 16.1 Å². The number of pyridine rings is 1. The number of nitrogens with zero attached hydrogens (tertiary/aromatic N) is 1. The van der Waals surface area contributed by atoms with Gasteiger partial charge in [0.05, 0.1) is 11.1 Å². The summed E-state index contributed by atoms with van der Waals surface area (Å²) in [5.74, 6) is -0.297. The van der Waals surface area contributed by atoms with Crippen molar-refractivity contribution >= 4 is 11.6 Å². The van der Waals surface area contributed by atoms with Crippen LogP contribution in [0.5, 0.6) is 5.75 Å². The third-order valence-electron chi connectivity index (χ3n) is 2.61. The van der Waals surface area contributed by atoms with E-state index in [1.165, 1.54) is 30.5 Å². The maximum Gasteiger partial charge on any atom is 0.573 e. The molecule has 0 fully saturated rings. The fraction of sp³-hybridized carbons (Fsp3) is 0.154. The number of nitrogens with two attached hydrogens (primary N) is 1. The Balaban J connectivity index is 2.20. The van der Waals surface area contributed by atoms with Crippen molar-refractivity contribution in [2.45, 2.75) is 12.4 Å². The molecular weight excluding hydrogens is 293 g/mol. The molecule has 20 heavy (non-hydrogen) atoms. The largest absolute Gasteiger partial charge is 0.573 e. The van der Waals surface area contributed by atoms with E-state index in [0.717, 1.165) is 0 Å². The lowest BCUT2D eigenvalue weighted by atomic mass is 10.0. The summed E-state index contributed by atoms with van der Waals surface area (Å²) in [7, 11) is 0. The molecule has 0 amide bonds. The second kappa shape index (κ2) is 5.68. The summed E-state index contributed by atoms with van der Waals surface area (Å²) in [6.45, 7) is 0. The molecule has 0 unspecified atom stereocenters. The van der Waals surface area contributed by atoms with Crippen molar-refractivity contribution in [3.05, 3.63) is 58.9 Å². The summed E-state index contributed by atoms with van der Waals surface area (Å²) in [5, 5.41) is 0.399. The van der Waals surface area contributed by atoms with Crippen molar-refractivity contribution in [3.63, 3.8) is 0 Å². The Bertz CT molecular complexity index is 587. The smallest absolute Gasteiger partial charge is 0.406 e. The van der Waals surface area contributed by atoms with Gasteiger partial charge in [-0.3, -0.25) is 4.98 Å². The molecule has 0 spiro atoms. The number of benzene rings is 1. The molecule has 1 aromatic carbocycles. The maximum absolute atomic E-state index is 12.0. The van der Waals surface area contributed by atoms with Gasteiger partial charge < -0.3 is 10.5 Å². The maximum atomic E-state index is 12.0. The van der Waals surface area contributed by atoms with Crippen molar-refractivity contribution in [1.82, 2.24) is 4.98 Å². The first-order valence-electron chi connectivity index (χ1n) is 5.57. The van der Waals surface area contributed by atoms with Gasteiger partial charge in [-0.2, -0.15) is 0 Å². The Kier molecular flexibility index (Phi) is 4.15. The highest BCUT2D eigenvalue weighted by Crippen LogP contribution is 2.28. The summed E-state index contributed by atoms with van der Waals surface area (Å²) >= 11 is 5.97. The average Bonchev–Trinajstić information content (AvgIpc) is 2.37. The predicted octanol–water partition coefficient (Wildman–Crippen LogP) is 3.68. The molecule has 0 saturated carbocycles. The number of hydrogen-bond acceptors (Lipinski definition) is 3. The van der Waals surface area contributed by atoms with E-state index >= 15 is 0 Å². The number of hydrogen-bond donors (Lipinski definition) is 1. The molecule has 1 aromatic heterocycles. The number of alkyl halides is 3. The zero-order valence-electron chi connectivity index (χ0n) is 10.1. The molecule has 2 aromatic rings. The second-order valence-electron chi connectivity index (χ2n) is 3.99. The van der Waals surface area contributed by atoms with Gasteiger partial charge in [-0.25, -0.2) is 0 Å². The Morgan fingerprint density at radius 3 is 2.35 bits per heavy atom. The van der Waals surface area contributed by atoms with Crippen LogP contribution in [-0.2, 0) is 0 Å². The van der Waals surface area contributed by atoms with Crippen LogP contribution in [0.2, 0.25) is 5.02 Å². The summed E-state index contributed by atoms with van der Waals surface area (Å²) in [6.07, 6.45) is -1.71. The first-order chi connectivity index (χ1) is 9.37. The van der Waals surface area contributed by atoms with Crippen LogP contribution in [0.1, 0.15) is 17.2 Å². The quantitative estimate of drug-likeness (QED) is 0.941. The molecule has 0 radical (unpaired) electrons. The van der Waals surface area contributed by atoms with Crippen LogP contribution in [-0.4, -0.2) is 11.3 Å². The Morgan fingerprint density at radius 1 is 1.15 bits per heavy atom. The minimum absolute atomic E-state index is 0.297. The summed E-state index contributed by atoms with van der Waals surface area (Å²) in [4.78, 5) is 3.84. The normalized spacial score (nSPS) is 13.1.